The molecule has 0 spiro atoms. The van der Waals surface area contributed by atoms with Crippen molar-refractivity contribution in [2.75, 3.05) is 6.61 Å². The van der Waals surface area contributed by atoms with Crippen LogP contribution in [0.5, 0.6) is 0 Å². The van der Waals surface area contributed by atoms with Gasteiger partial charge in [-0.05, 0) is 12.3 Å². The Balaban J connectivity index is 4.84. The average Bonchev–Trinajstić information content (AvgIpc) is 2.20. The molecule has 2 N–H and O–H groups in total. The van der Waals surface area contributed by atoms with E-state index in [2.05, 4.69) is 9.78 Å². The van der Waals surface area contributed by atoms with Crippen molar-refractivity contribution in [3.63, 3.8) is 0 Å². The van der Waals surface area contributed by atoms with Gasteiger partial charge in [0.2, 0.25) is 0 Å². The third-order valence-electron chi connectivity index (χ3n) is 1.97. The quantitative estimate of drug-likeness (QED) is 0.223. The molecule has 6 nitrogen and oxygen atoms in total. The van der Waals surface area contributed by atoms with Gasteiger partial charge in [0, 0.05) is 0 Å². The highest BCUT2D eigenvalue weighted by atomic mass is 17.2. The second-order valence-corrected chi connectivity index (χ2v) is 3.77. The van der Waals surface area contributed by atoms with Gasteiger partial charge < -0.3 is 15.1 Å². The summed E-state index contributed by atoms with van der Waals surface area (Å²) in [6, 6.07) is 0. The Bertz CT molecular complexity index is 305. The first-order valence-corrected chi connectivity index (χ1v) is 5.42. The van der Waals surface area contributed by atoms with Crippen LogP contribution in [0, 0.1) is 5.92 Å². The van der Waals surface area contributed by atoms with Crippen LogP contribution < -0.4 is 0 Å². The molecular formula is C11H18O6. The van der Waals surface area contributed by atoms with E-state index in [-0.39, 0.29) is 12.2 Å². The number of aliphatic carboxylic acids is 2. The van der Waals surface area contributed by atoms with Gasteiger partial charge >= 0.3 is 11.9 Å². The zero-order valence-electron chi connectivity index (χ0n) is 10.2. The molecule has 0 saturated carbocycles. The lowest BCUT2D eigenvalue weighted by Crippen LogP contribution is -2.18. The first kappa shape index (κ1) is 15.4. The molecule has 0 radical (unpaired) electrons. The maximum absolute atomic E-state index is 10.9. The van der Waals surface area contributed by atoms with Crippen LogP contribution in [0.2, 0.25) is 0 Å². The minimum Gasteiger partial charge on any atom is -0.478 e. The standard InChI is InChI=1S/C11H18O6/c1-4-5-6-16-17-9(11(14)15)8(7(2)3)10(12)13/h7H,4-6H2,1-3H3,(H,12,13)(H,14,15). The molecule has 6 heteroatoms. The fourth-order valence-corrected chi connectivity index (χ4v) is 1.11. The van der Waals surface area contributed by atoms with Gasteiger partial charge in [-0.2, -0.15) is 4.89 Å². The summed E-state index contributed by atoms with van der Waals surface area (Å²) >= 11 is 0. The molecule has 98 valence electrons. The molecular weight excluding hydrogens is 228 g/mol. The van der Waals surface area contributed by atoms with E-state index in [1.807, 2.05) is 6.92 Å². The van der Waals surface area contributed by atoms with Crippen LogP contribution in [-0.2, 0) is 19.4 Å². The normalized spacial score (nSPS) is 12.2. The molecule has 0 aromatic heterocycles. The lowest BCUT2D eigenvalue weighted by Gasteiger charge is -2.11. The minimum absolute atomic E-state index is 0.221. The monoisotopic (exact) mass is 246 g/mol. The Hall–Kier alpha value is -1.56. The Morgan fingerprint density at radius 1 is 1.18 bits per heavy atom. The lowest BCUT2D eigenvalue weighted by molar-refractivity contribution is -0.264. The topological polar surface area (TPSA) is 93.1 Å². The molecule has 0 aromatic rings. The van der Waals surface area contributed by atoms with E-state index in [0.29, 0.717) is 6.42 Å². The van der Waals surface area contributed by atoms with Crippen LogP contribution in [0.4, 0.5) is 0 Å². The van der Waals surface area contributed by atoms with E-state index in [1.165, 1.54) is 0 Å². The predicted molar refractivity (Wildman–Crippen MR) is 59.1 cm³/mol. The summed E-state index contributed by atoms with van der Waals surface area (Å²) in [5.41, 5.74) is -0.311. The summed E-state index contributed by atoms with van der Waals surface area (Å²) in [5.74, 6) is -3.92. The molecule has 0 bridgehead atoms. The summed E-state index contributed by atoms with van der Waals surface area (Å²) in [4.78, 5) is 31.1. The van der Waals surface area contributed by atoms with Crippen molar-refractivity contribution in [1.82, 2.24) is 0 Å². The Morgan fingerprint density at radius 3 is 2.12 bits per heavy atom. The summed E-state index contributed by atoms with van der Waals surface area (Å²) in [5, 5.41) is 17.8. The molecule has 17 heavy (non-hydrogen) atoms. The second kappa shape index (κ2) is 7.67. The molecule has 0 rings (SSSR count). The molecule has 0 aromatic carbocycles. The van der Waals surface area contributed by atoms with Gasteiger partial charge in [-0.1, -0.05) is 27.2 Å². The van der Waals surface area contributed by atoms with Crippen LogP contribution in [0.3, 0.4) is 0 Å². The molecule has 0 heterocycles. The zero-order valence-corrected chi connectivity index (χ0v) is 10.2. The average molecular weight is 246 g/mol. The molecule has 0 atom stereocenters. The van der Waals surface area contributed by atoms with Crippen LogP contribution in [0.15, 0.2) is 11.3 Å². The van der Waals surface area contributed by atoms with Crippen molar-refractivity contribution >= 4 is 11.9 Å². The van der Waals surface area contributed by atoms with Crippen molar-refractivity contribution in [2.45, 2.75) is 33.6 Å². The SMILES string of the molecule is CCCCOOC(C(=O)O)=C(C(=O)O)C(C)C. The van der Waals surface area contributed by atoms with Crippen LogP contribution in [-0.4, -0.2) is 28.8 Å². The first-order chi connectivity index (χ1) is 7.91. The van der Waals surface area contributed by atoms with Crippen LogP contribution in [0.1, 0.15) is 33.6 Å². The van der Waals surface area contributed by atoms with Gasteiger partial charge in [-0.25, -0.2) is 9.59 Å². The maximum atomic E-state index is 10.9. The molecule has 0 saturated heterocycles. The Kier molecular flexibility index (Phi) is 6.97. The minimum atomic E-state index is -1.45. The smallest absolute Gasteiger partial charge is 0.375 e. The van der Waals surface area contributed by atoms with Gasteiger partial charge in [0.15, 0.2) is 0 Å². The number of carboxylic acids is 2. The van der Waals surface area contributed by atoms with Gasteiger partial charge in [0.05, 0.1) is 12.2 Å². The highest BCUT2D eigenvalue weighted by Gasteiger charge is 2.25. The van der Waals surface area contributed by atoms with Crippen LogP contribution >= 0.6 is 0 Å². The molecule has 0 amide bonds. The third kappa shape index (κ3) is 5.35. The van der Waals surface area contributed by atoms with Crippen molar-refractivity contribution in [3.8, 4) is 0 Å². The lowest BCUT2D eigenvalue weighted by atomic mass is 10.0. The fraction of sp³-hybridized carbons (Fsp3) is 0.636. The zero-order chi connectivity index (χ0) is 13.4. The van der Waals surface area contributed by atoms with E-state index < -0.39 is 23.6 Å². The summed E-state index contributed by atoms with van der Waals surface area (Å²) in [6.07, 6.45) is 1.57. The fourth-order valence-electron chi connectivity index (χ4n) is 1.11. The number of hydrogen-bond donors (Lipinski definition) is 2. The molecule has 0 aliphatic rings. The van der Waals surface area contributed by atoms with Gasteiger partial charge in [0.25, 0.3) is 5.76 Å². The van der Waals surface area contributed by atoms with Crippen molar-refractivity contribution in [2.24, 2.45) is 5.92 Å². The number of unbranched alkanes of at least 4 members (excludes halogenated alkanes) is 1. The molecule has 0 fully saturated rings. The predicted octanol–water partition coefficient (Wildman–Crippen LogP) is 1.81. The van der Waals surface area contributed by atoms with E-state index in [4.69, 9.17) is 10.2 Å². The van der Waals surface area contributed by atoms with E-state index >= 15 is 0 Å². The largest absolute Gasteiger partial charge is 0.478 e. The molecule has 0 aliphatic carbocycles. The van der Waals surface area contributed by atoms with E-state index in [0.717, 1.165) is 6.42 Å². The van der Waals surface area contributed by atoms with Crippen molar-refractivity contribution in [1.29, 1.82) is 0 Å². The van der Waals surface area contributed by atoms with E-state index in [1.54, 1.807) is 13.8 Å². The number of rotatable bonds is 8. The van der Waals surface area contributed by atoms with Gasteiger partial charge in [0.1, 0.15) is 0 Å². The summed E-state index contributed by atoms with van der Waals surface area (Å²) < 4.78 is 0. The highest BCUT2D eigenvalue weighted by molar-refractivity contribution is 5.97. The van der Waals surface area contributed by atoms with Gasteiger partial charge in [-0.15, -0.1) is 0 Å². The van der Waals surface area contributed by atoms with Crippen LogP contribution in [0.25, 0.3) is 0 Å². The Morgan fingerprint density at radius 2 is 1.76 bits per heavy atom. The van der Waals surface area contributed by atoms with Crippen molar-refractivity contribution < 1.29 is 29.6 Å². The Labute approximate surface area is 99.8 Å². The number of hydrogen-bond acceptors (Lipinski definition) is 4. The number of carboxylic acid groups (broad SMARTS) is 2. The van der Waals surface area contributed by atoms with E-state index in [9.17, 15) is 9.59 Å². The summed E-state index contributed by atoms with van der Waals surface area (Å²) in [6.45, 7) is 5.30. The first-order valence-electron chi connectivity index (χ1n) is 5.42. The highest BCUT2D eigenvalue weighted by Crippen LogP contribution is 2.17. The van der Waals surface area contributed by atoms with Crippen molar-refractivity contribution in [3.05, 3.63) is 11.3 Å². The second-order valence-electron chi connectivity index (χ2n) is 3.77. The summed E-state index contributed by atoms with van der Waals surface area (Å²) in [7, 11) is 0. The maximum Gasteiger partial charge on any atom is 0.375 e. The van der Waals surface area contributed by atoms with Gasteiger partial charge in [-0.3, -0.25) is 0 Å². The molecule has 0 unspecified atom stereocenters. The third-order valence-corrected chi connectivity index (χ3v) is 1.97. The molecule has 0 aliphatic heterocycles. The number of carbonyl (C=O) groups is 2.